The van der Waals surface area contributed by atoms with Gasteiger partial charge in [-0.1, -0.05) is 11.6 Å². The van der Waals surface area contributed by atoms with Gasteiger partial charge in [0.2, 0.25) is 0 Å². The van der Waals surface area contributed by atoms with Crippen LogP contribution in [0.15, 0.2) is 18.2 Å². The molecule has 94 valence electrons. The number of hydrogen-bond acceptors (Lipinski definition) is 2. The predicted molar refractivity (Wildman–Crippen MR) is 73.8 cm³/mol. The van der Waals surface area contributed by atoms with Crippen LogP contribution >= 0.6 is 11.6 Å². The normalized spacial score (nSPS) is 10.7. The average Bonchev–Trinajstić information content (AvgIpc) is 2.56. The summed E-state index contributed by atoms with van der Waals surface area (Å²) < 4.78 is 1.85. The number of nitrogen functional groups attached to an aromatic ring is 1. The maximum absolute atomic E-state index is 7.40. The van der Waals surface area contributed by atoms with Crippen LogP contribution in [0.4, 0.5) is 0 Å². The summed E-state index contributed by atoms with van der Waals surface area (Å²) in [6, 6.07) is 5.38. The summed E-state index contributed by atoms with van der Waals surface area (Å²) in [6.07, 6.45) is 0. The number of aromatic nitrogens is 2. The molecule has 0 saturated heterocycles. The number of aryl methyl sites for hydroxylation is 1. The standard InChI is InChI=1S/C13H15ClN4/c1-7-8(2)17-18(9(7)3)10-4-5-11(13(15)16)12(14)6-10/h4-6H,1-3H3,(H3,15,16). The van der Waals surface area contributed by atoms with E-state index in [0.717, 1.165) is 17.1 Å². The molecule has 1 aromatic carbocycles. The third-order valence-corrected chi connectivity index (χ3v) is 3.45. The molecule has 2 rings (SSSR count). The third-order valence-electron chi connectivity index (χ3n) is 3.14. The van der Waals surface area contributed by atoms with Gasteiger partial charge in [0.1, 0.15) is 5.84 Å². The molecule has 0 fully saturated rings. The Bertz CT molecular complexity index is 628. The zero-order valence-electron chi connectivity index (χ0n) is 10.6. The summed E-state index contributed by atoms with van der Waals surface area (Å²) in [7, 11) is 0. The smallest absolute Gasteiger partial charge is 0.124 e. The maximum atomic E-state index is 7.40. The van der Waals surface area contributed by atoms with E-state index in [-0.39, 0.29) is 5.84 Å². The molecule has 5 heteroatoms. The first kappa shape index (κ1) is 12.6. The van der Waals surface area contributed by atoms with E-state index in [1.165, 1.54) is 5.56 Å². The van der Waals surface area contributed by atoms with Crippen molar-refractivity contribution in [1.82, 2.24) is 9.78 Å². The molecule has 4 nitrogen and oxygen atoms in total. The summed E-state index contributed by atoms with van der Waals surface area (Å²) in [4.78, 5) is 0. The Morgan fingerprint density at radius 2 is 2.00 bits per heavy atom. The zero-order chi connectivity index (χ0) is 13.4. The minimum Gasteiger partial charge on any atom is -0.384 e. The van der Waals surface area contributed by atoms with Gasteiger partial charge in [0, 0.05) is 11.3 Å². The van der Waals surface area contributed by atoms with Crippen molar-refractivity contribution >= 4 is 17.4 Å². The van der Waals surface area contributed by atoms with Gasteiger partial charge in [-0.2, -0.15) is 5.10 Å². The molecule has 0 unspecified atom stereocenters. The largest absolute Gasteiger partial charge is 0.384 e. The van der Waals surface area contributed by atoms with Gasteiger partial charge in [-0.3, -0.25) is 5.41 Å². The van der Waals surface area contributed by atoms with E-state index in [2.05, 4.69) is 5.10 Å². The fraction of sp³-hybridized carbons (Fsp3) is 0.231. The molecule has 0 atom stereocenters. The van der Waals surface area contributed by atoms with Gasteiger partial charge in [0.25, 0.3) is 0 Å². The lowest BCUT2D eigenvalue weighted by molar-refractivity contribution is 0.833. The Balaban J connectivity index is 2.55. The first-order chi connectivity index (χ1) is 8.41. The van der Waals surface area contributed by atoms with E-state index in [4.69, 9.17) is 22.7 Å². The Hall–Kier alpha value is -1.81. The molecular weight excluding hydrogens is 248 g/mol. The molecule has 0 aliphatic heterocycles. The highest BCUT2D eigenvalue weighted by Gasteiger charge is 2.11. The summed E-state index contributed by atoms with van der Waals surface area (Å²) in [5, 5.41) is 12.3. The molecule has 0 radical (unpaired) electrons. The van der Waals surface area contributed by atoms with Crippen LogP contribution in [0, 0.1) is 26.2 Å². The number of nitrogens with zero attached hydrogens (tertiary/aromatic N) is 2. The summed E-state index contributed by atoms with van der Waals surface area (Å²) in [5.41, 5.74) is 10.1. The van der Waals surface area contributed by atoms with Crippen molar-refractivity contribution in [3.63, 3.8) is 0 Å². The quantitative estimate of drug-likeness (QED) is 0.645. The van der Waals surface area contributed by atoms with Crippen LogP contribution in [-0.2, 0) is 0 Å². The molecule has 0 saturated carbocycles. The van der Waals surface area contributed by atoms with Gasteiger partial charge in [0.05, 0.1) is 16.4 Å². The number of benzene rings is 1. The molecule has 18 heavy (non-hydrogen) atoms. The van der Waals surface area contributed by atoms with Crippen molar-refractivity contribution in [1.29, 1.82) is 5.41 Å². The van der Waals surface area contributed by atoms with E-state index >= 15 is 0 Å². The van der Waals surface area contributed by atoms with Gasteiger partial charge in [0.15, 0.2) is 0 Å². The molecule has 1 heterocycles. The van der Waals surface area contributed by atoms with Crippen LogP contribution in [0.3, 0.4) is 0 Å². The molecule has 0 aliphatic rings. The lowest BCUT2D eigenvalue weighted by Gasteiger charge is -2.08. The molecule has 0 bridgehead atoms. The number of nitrogens with two attached hydrogens (primary N) is 1. The molecule has 0 aliphatic carbocycles. The van der Waals surface area contributed by atoms with E-state index in [1.54, 1.807) is 12.1 Å². The van der Waals surface area contributed by atoms with Crippen molar-refractivity contribution in [2.75, 3.05) is 0 Å². The zero-order valence-corrected chi connectivity index (χ0v) is 11.3. The highest BCUT2D eigenvalue weighted by Crippen LogP contribution is 2.22. The monoisotopic (exact) mass is 262 g/mol. The molecule has 1 aromatic heterocycles. The van der Waals surface area contributed by atoms with Crippen molar-refractivity contribution in [3.8, 4) is 5.69 Å². The minimum absolute atomic E-state index is 0.0314. The van der Waals surface area contributed by atoms with Gasteiger partial charge < -0.3 is 5.73 Å². The minimum atomic E-state index is -0.0314. The van der Waals surface area contributed by atoms with Gasteiger partial charge >= 0.3 is 0 Å². The summed E-state index contributed by atoms with van der Waals surface area (Å²) in [6.45, 7) is 6.03. The molecule has 0 spiro atoms. The van der Waals surface area contributed by atoms with E-state index in [0.29, 0.717) is 10.6 Å². The maximum Gasteiger partial charge on any atom is 0.124 e. The number of halogens is 1. The van der Waals surface area contributed by atoms with Crippen molar-refractivity contribution in [3.05, 3.63) is 45.7 Å². The molecule has 0 amide bonds. The Kier molecular flexibility index (Phi) is 3.13. The predicted octanol–water partition coefficient (Wildman–Crippen LogP) is 2.74. The Morgan fingerprint density at radius 1 is 1.33 bits per heavy atom. The third kappa shape index (κ3) is 1.99. The van der Waals surface area contributed by atoms with Crippen LogP contribution < -0.4 is 5.73 Å². The van der Waals surface area contributed by atoms with Crippen LogP contribution in [-0.4, -0.2) is 15.6 Å². The van der Waals surface area contributed by atoms with Crippen LogP contribution in [0.2, 0.25) is 5.02 Å². The van der Waals surface area contributed by atoms with Gasteiger partial charge in [-0.05, 0) is 44.5 Å². The number of nitrogens with one attached hydrogen (secondary N) is 1. The lowest BCUT2D eigenvalue weighted by atomic mass is 10.2. The first-order valence-electron chi connectivity index (χ1n) is 5.59. The average molecular weight is 263 g/mol. The second-order valence-electron chi connectivity index (χ2n) is 4.29. The van der Waals surface area contributed by atoms with Crippen LogP contribution in [0.5, 0.6) is 0 Å². The topological polar surface area (TPSA) is 67.7 Å². The van der Waals surface area contributed by atoms with E-state index < -0.39 is 0 Å². The number of hydrogen-bond donors (Lipinski definition) is 2. The summed E-state index contributed by atoms with van der Waals surface area (Å²) >= 11 is 6.11. The van der Waals surface area contributed by atoms with Gasteiger partial charge in [-0.25, -0.2) is 4.68 Å². The molecular formula is C13H15ClN4. The van der Waals surface area contributed by atoms with Crippen molar-refractivity contribution < 1.29 is 0 Å². The fourth-order valence-electron chi connectivity index (χ4n) is 1.83. The van der Waals surface area contributed by atoms with Gasteiger partial charge in [-0.15, -0.1) is 0 Å². The summed E-state index contributed by atoms with van der Waals surface area (Å²) in [5.74, 6) is -0.0314. The Labute approximate surface area is 111 Å². The molecule has 2 aromatic rings. The van der Waals surface area contributed by atoms with Crippen molar-refractivity contribution in [2.45, 2.75) is 20.8 Å². The second kappa shape index (κ2) is 4.46. The van der Waals surface area contributed by atoms with E-state index in [9.17, 15) is 0 Å². The lowest BCUT2D eigenvalue weighted by Crippen LogP contribution is -2.12. The molecule has 3 N–H and O–H groups in total. The van der Waals surface area contributed by atoms with Crippen molar-refractivity contribution in [2.24, 2.45) is 5.73 Å². The Morgan fingerprint density at radius 3 is 2.44 bits per heavy atom. The number of amidine groups is 1. The second-order valence-corrected chi connectivity index (χ2v) is 4.69. The SMILES string of the molecule is Cc1nn(-c2ccc(C(=N)N)c(Cl)c2)c(C)c1C. The van der Waals surface area contributed by atoms with Crippen LogP contribution in [0.25, 0.3) is 5.69 Å². The van der Waals surface area contributed by atoms with E-state index in [1.807, 2.05) is 31.5 Å². The highest BCUT2D eigenvalue weighted by molar-refractivity contribution is 6.34. The van der Waals surface area contributed by atoms with Crippen LogP contribution in [0.1, 0.15) is 22.5 Å². The fourth-order valence-corrected chi connectivity index (χ4v) is 2.10. The highest BCUT2D eigenvalue weighted by atomic mass is 35.5. The number of rotatable bonds is 2. The first-order valence-corrected chi connectivity index (χ1v) is 5.96.